The third-order valence-electron chi connectivity index (χ3n) is 3.10. The van der Waals surface area contributed by atoms with Crippen LogP contribution in [0.1, 0.15) is 0 Å². The van der Waals surface area contributed by atoms with Gasteiger partial charge >= 0.3 is 26.2 Å². The van der Waals surface area contributed by atoms with Crippen molar-refractivity contribution in [2.24, 2.45) is 0 Å². The minimum Gasteiger partial charge on any atom is -1.00 e. The van der Waals surface area contributed by atoms with Gasteiger partial charge in [-0.25, -0.2) is 0 Å². The molecule has 23 heavy (non-hydrogen) atoms. The van der Waals surface area contributed by atoms with Crippen LogP contribution in [-0.2, 0) is 26.2 Å². The molecular formula is C19H17Cl2SiZr. The molecule has 4 rings (SSSR count). The number of hydrogen-bond acceptors (Lipinski definition) is 0. The zero-order valence-corrected chi connectivity index (χ0v) is 17.8. The molecule has 3 radical (unpaired) electrons. The van der Waals surface area contributed by atoms with Crippen LogP contribution in [0.15, 0.2) is 84.9 Å². The summed E-state index contributed by atoms with van der Waals surface area (Å²) < 4.78 is 0. The summed E-state index contributed by atoms with van der Waals surface area (Å²) in [5.41, 5.74) is 0. The van der Waals surface area contributed by atoms with Crippen molar-refractivity contribution in [1.29, 1.82) is 0 Å². The molecule has 0 heterocycles. The van der Waals surface area contributed by atoms with Crippen molar-refractivity contribution in [3.63, 3.8) is 0 Å². The van der Waals surface area contributed by atoms with E-state index >= 15 is 0 Å². The van der Waals surface area contributed by atoms with E-state index in [1.807, 2.05) is 0 Å². The molecule has 0 aliphatic rings. The Labute approximate surface area is 173 Å². The molecule has 0 N–H and O–H groups in total. The number of fused-ring (bicyclic) bond motifs is 2. The minimum atomic E-state index is 0. The fraction of sp³-hybridized carbons (Fsp3) is 0.0526. The Bertz CT molecular complexity index is 635. The van der Waals surface area contributed by atoms with Gasteiger partial charge in [0.25, 0.3) is 0 Å². The van der Waals surface area contributed by atoms with Crippen molar-refractivity contribution in [1.82, 2.24) is 0 Å². The van der Waals surface area contributed by atoms with Crippen LogP contribution >= 0.6 is 0 Å². The predicted octanol–water partition coefficient (Wildman–Crippen LogP) is -0.674. The summed E-state index contributed by atoms with van der Waals surface area (Å²) >= 11 is 0. The monoisotopic (exact) mass is 433 g/mol. The fourth-order valence-corrected chi connectivity index (χ4v) is 2.14. The molecule has 4 heteroatoms. The van der Waals surface area contributed by atoms with Crippen LogP contribution in [0.3, 0.4) is 0 Å². The first-order valence-corrected chi connectivity index (χ1v) is 7.64. The van der Waals surface area contributed by atoms with Crippen molar-refractivity contribution in [3.05, 3.63) is 84.9 Å². The molecule has 0 unspecified atom stereocenters. The van der Waals surface area contributed by atoms with Gasteiger partial charge in [0.1, 0.15) is 0 Å². The third-order valence-corrected chi connectivity index (χ3v) is 3.10. The summed E-state index contributed by atoms with van der Waals surface area (Å²) in [6.07, 6.45) is 0. The van der Waals surface area contributed by atoms with Crippen molar-refractivity contribution >= 4 is 31.8 Å². The number of benzene rings is 2. The first-order chi connectivity index (χ1) is 9.93. The van der Waals surface area contributed by atoms with E-state index in [0.717, 1.165) is 0 Å². The Morgan fingerprint density at radius 3 is 1.30 bits per heavy atom. The number of hydrogen-bond donors (Lipinski definition) is 0. The Hall–Kier alpha value is -0.660. The first kappa shape index (κ1) is 24.6. The fourth-order valence-electron chi connectivity index (χ4n) is 2.14. The second-order valence-corrected chi connectivity index (χ2v) is 4.31. The quantitative estimate of drug-likeness (QED) is 0.254. The van der Waals surface area contributed by atoms with Gasteiger partial charge in [0, 0.05) is 10.2 Å². The maximum atomic E-state index is 2.97. The summed E-state index contributed by atoms with van der Waals surface area (Å²) in [7, 11) is 2.97. The average Bonchev–Trinajstić information content (AvgIpc) is 3.18. The summed E-state index contributed by atoms with van der Waals surface area (Å²) in [5.74, 6) is 0. The molecule has 0 aliphatic carbocycles. The smallest absolute Gasteiger partial charge is 1.00 e. The van der Waals surface area contributed by atoms with E-state index in [-0.39, 0.29) is 51.0 Å². The Morgan fingerprint density at radius 1 is 0.609 bits per heavy atom. The van der Waals surface area contributed by atoms with Gasteiger partial charge in [0.15, 0.2) is 0 Å². The van der Waals surface area contributed by atoms with Crippen LogP contribution in [0.25, 0.3) is 21.5 Å². The minimum absolute atomic E-state index is 0. The molecule has 0 amide bonds. The van der Waals surface area contributed by atoms with E-state index in [1.165, 1.54) is 21.5 Å². The molecule has 0 atom stereocenters. The molecule has 0 saturated carbocycles. The van der Waals surface area contributed by atoms with Gasteiger partial charge in [-0.3, -0.25) is 0 Å². The van der Waals surface area contributed by atoms with Gasteiger partial charge in [0.2, 0.25) is 0 Å². The van der Waals surface area contributed by atoms with Gasteiger partial charge in [-0.2, -0.15) is 35.0 Å². The van der Waals surface area contributed by atoms with E-state index in [9.17, 15) is 0 Å². The maximum Gasteiger partial charge on any atom is 4.00 e. The molecule has 115 valence electrons. The predicted molar refractivity (Wildman–Crippen MR) is 90.7 cm³/mol. The van der Waals surface area contributed by atoms with E-state index in [1.54, 1.807) is 6.55 Å². The van der Waals surface area contributed by atoms with Crippen molar-refractivity contribution in [2.45, 2.75) is 6.55 Å². The summed E-state index contributed by atoms with van der Waals surface area (Å²) in [5, 5.41) is 5.32. The van der Waals surface area contributed by atoms with Crippen LogP contribution in [0.4, 0.5) is 0 Å². The Morgan fingerprint density at radius 2 is 0.957 bits per heavy atom. The Kier molecular flexibility index (Phi) is 14.7. The maximum absolute atomic E-state index is 2.97. The number of halogens is 2. The van der Waals surface area contributed by atoms with E-state index in [4.69, 9.17) is 0 Å². The van der Waals surface area contributed by atoms with Crippen LogP contribution < -0.4 is 24.8 Å². The van der Waals surface area contributed by atoms with Gasteiger partial charge < -0.3 is 24.8 Å². The van der Waals surface area contributed by atoms with E-state index < -0.39 is 0 Å². The normalized spacial score (nSPS) is 8.26. The van der Waals surface area contributed by atoms with Crippen molar-refractivity contribution in [2.75, 3.05) is 0 Å². The molecule has 0 saturated heterocycles. The average molecular weight is 436 g/mol. The van der Waals surface area contributed by atoms with Crippen molar-refractivity contribution in [3.8, 4) is 0 Å². The van der Waals surface area contributed by atoms with Gasteiger partial charge in [-0.05, 0) is 0 Å². The molecule has 0 nitrogen and oxygen atoms in total. The molecule has 0 spiro atoms. The van der Waals surface area contributed by atoms with Crippen molar-refractivity contribution < 1.29 is 51.0 Å². The first-order valence-electron chi connectivity index (χ1n) is 6.64. The van der Waals surface area contributed by atoms with Gasteiger partial charge in [0.05, 0.1) is 0 Å². The molecule has 0 aromatic heterocycles. The molecule has 4 aromatic carbocycles. The zero-order valence-electron chi connectivity index (χ0n) is 12.8. The largest absolute Gasteiger partial charge is 4.00 e. The molecule has 0 aliphatic heterocycles. The SMILES string of the molecule is C[Si].[Cl-].[Cl-].[Zr+4].c1ccc2[cH-]ccc2c1.c1ccc2[cH-]ccc2c1. The van der Waals surface area contributed by atoms with Gasteiger partial charge in [-0.15, -0.1) is 59.3 Å². The van der Waals surface area contributed by atoms with E-state index in [2.05, 4.69) is 95.2 Å². The van der Waals surface area contributed by atoms with E-state index in [0.29, 0.717) is 0 Å². The standard InChI is InChI=1S/2C9H7.CH3Si.2ClH.Zr/c2*1-2-5-9-7-3-6-8(9)4-1;1-2;;;/h2*1-7H;1H3;2*1H;/q2*-1;;;;+4/p-2. The molecule has 4 aromatic rings. The van der Waals surface area contributed by atoms with Crippen LogP contribution in [-0.4, -0.2) is 10.2 Å². The zero-order chi connectivity index (χ0) is 14.2. The second kappa shape index (κ2) is 13.7. The second-order valence-electron chi connectivity index (χ2n) is 4.31. The summed E-state index contributed by atoms with van der Waals surface area (Å²) in [4.78, 5) is 0. The molecule has 0 fully saturated rings. The topological polar surface area (TPSA) is 0 Å². The summed E-state index contributed by atoms with van der Waals surface area (Å²) in [6.45, 7) is 1.81. The van der Waals surface area contributed by atoms with Crippen LogP contribution in [0.2, 0.25) is 6.55 Å². The molecular weight excluding hydrogens is 418 g/mol. The number of rotatable bonds is 0. The third kappa shape index (κ3) is 7.18. The Balaban J connectivity index is 0. The summed E-state index contributed by atoms with van der Waals surface area (Å²) in [6, 6.07) is 29.3. The molecule has 0 bridgehead atoms. The van der Waals surface area contributed by atoms with Crippen LogP contribution in [0.5, 0.6) is 0 Å². The van der Waals surface area contributed by atoms with Crippen LogP contribution in [0, 0.1) is 0 Å². The van der Waals surface area contributed by atoms with Gasteiger partial charge in [-0.1, -0.05) is 18.7 Å².